The second kappa shape index (κ2) is 18.7. The zero-order valence-electron chi connectivity index (χ0n) is 20.6. The van der Waals surface area contributed by atoms with Crippen molar-refractivity contribution in [3.05, 3.63) is 65.7 Å². The van der Waals surface area contributed by atoms with Crippen LogP contribution < -0.4 is 10.1 Å². The van der Waals surface area contributed by atoms with Crippen LogP contribution in [0.4, 0.5) is 0 Å². The van der Waals surface area contributed by atoms with Crippen LogP contribution in [0.2, 0.25) is 0 Å². The Balaban J connectivity index is 1.36. The molecule has 1 N–H and O–H groups in total. The molecule has 0 fully saturated rings. The lowest BCUT2D eigenvalue weighted by atomic mass is 10.0. The van der Waals surface area contributed by atoms with Crippen molar-refractivity contribution in [2.75, 3.05) is 6.54 Å². The quantitative estimate of drug-likeness (QED) is 0.209. The van der Waals surface area contributed by atoms with Gasteiger partial charge in [0, 0.05) is 6.54 Å². The van der Waals surface area contributed by atoms with E-state index < -0.39 is 0 Å². The van der Waals surface area contributed by atoms with Crippen LogP contribution in [-0.2, 0) is 13.2 Å². The van der Waals surface area contributed by atoms with E-state index in [0.717, 1.165) is 18.8 Å². The van der Waals surface area contributed by atoms with Gasteiger partial charge in [-0.3, -0.25) is 0 Å². The third-order valence-electron chi connectivity index (χ3n) is 6.21. The molecule has 178 valence electrons. The fourth-order valence-corrected chi connectivity index (χ4v) is 4.12. The third kappa shape index (κ3) is 13.6. The van der Waals surface area contributed by atoms with E-state index >= 15 is 0 Å². The van der Waals surface area contributed by atoms with E-state index in [1.54, 1.807) is 0 Å². The number of hydrogen-bond donors (Lipinski definition) is 1. The Labute approximate surface area is 198 Å². The van der Waals surface area contributed by atoms with Gasteiger partial charge in [-0.25, -0.2) is 0 Å². The van der Waals surface area contributed by atoms with Gasteiger partial charge in [-0.1, -0.05) is 133 Å². The summed E-state index contributed by atoms with van der Waals surface area (Å²) < 4.78 is 5.86. The number of ether oxygens (including phenoxy) is 1. The van der Waals surface area contributed by atoms with Crippen LogP contribution in [-0.4, -0.2) is 6.54 Å². The largest absolute Gasteiger partial charge is 0.489 e. The molecule has 0 atom stereocenters. The Morgan fingerprint density at radius 3 is 1.66 bits per heavy atom. The van der Waals surface area contributed by atoms with Crippen LogP contribution in [0.3, 0.4) is 0 Å². The monoisotopic (exact) mass is 437 g/mol. The normalized spacial score (nSPS) is 11.0. The van der Waals surface area contributed by atoms with Crippen molar-refractivity contribution in [1.29, 1.82) is 0 Å². The molecule has 0 aliphatic rings. The Morgan fingerprint density at radius 2 is 1.09 bits per heavy atom. The number of hydrogen-bond acceptors (Lipinski definition) is 2. The van der Waals surface area contributed by atoms with E-state index in [1.807, 2.05) is 18.2 Å². The summed E-state index contributed by atoms with van der Waals surface area (Å²) in [7, 11) is 0. The van der Waals surface area contributed by atoms with Gasteiger partial charge in [0.25, 0.3) is 0 Å². The highest BCUT2D eigenvalue weighted by atomic mass is 16.5. The summed E-state index contributed by atoms with van der Waals surface area (Å²) >= 11 is 0. The van der Waals surface area contributed by atoms with Gasteiger partial charge in [-0.15, -0.1) is 0 Å². The molecule has 0 radical (unpaired) electrons. The van der Waals surface area contributed by atoms with Gasteiger partial charge in [0.2, 0.25) is 0 Å². The van der Waals surface area contributed by atoms with E-state index in [-0.39, 0.29) is 0 Å². The number of rotatable bonds is 20. The average Bonchev–Trinajstić information content (AvgIpc) is 2.84. The first-order chi connectivity index (χ1) is 15.9. The first-order valence-corrected chi connectivity index (χ1v) is 13.3. The molecule has 0 bridgehead atoms. The molecule has 2 aromatic rings. The highest BCUT2D eigenvalue weighted by Gasteiger charge is 1.98. The summed E-state index contributed by atoms with van der Waals surface area (Å²) in [5.74, 6) is 0.935. The maximum absolute atomic E-state index is 5.86. The predicted molar refractivity (Wildman–Crippen MR) is 139 cm³/mol. The van der Waals surface area contributed by atoms with Crippen molar-refractivity contribution in [2.24, 2.45) is 0 Å². The van der Waals surface area contributed by atoms with Crippen molar-refractivity contribution in [3.8, 4) is 5.75 Å². The smallest absolute Gasteiger partial charge is 0.119 e. The Kier molecular flexibility index (Phi) is 15.5. The van der Waals surface area contributed by atoms with E-state index in [1.165, 1.54) is 101 Å². The fourth-order valence-electron chi connectivity index (χ4n) is 4.12. The Bertz CT molecular complexity index is 652. The molecule has 0 spiro atoms. The lowest BCUT2D eigenvalue weighted by molar-refractivity contribution is 0.306. The molecule has 2 aromatic carbocycles. The molecule has 0 amide bonds. The standard InChI is InChI=1S/C30H47NO/c1-2-3-4-5-6-7-8-9-10-11-12-13-14-18-25-31-26-28-21-23-30(24-22-28)32-27-29-19-16-15-17-20-29/h15-17,19-24,31H,2-14,18,25-27H2,1H3. The number of nitrogens with one attached hydrogen (secondary N) is 1. The van der Waals surface area contributed by atoms with Gasteiger partial charge in [0.05, 0.1) is 0 Å². The van der Waals surface area contributed by atoms with Crippen LogP contribution in [0.5, 0.6) is 5.75 Å². The molecule has 2 rings (SSSR count). The molecule has 2 nitrogen and oxygen atoms in total. The second-order valence-electron chi connectivity index (χ2n) is 9.19. The molecule has 0 heterocycles. The van der Waals surface area contributed by atoms with Gasteiger partial charge >= 0.3 is 0 Å². The molecule has 0 saturated carbocycles. The van der Waals surface area contributed by atoms with E-state index in [2.05, 4.69) is 48.6 Å². The first kappa shape index (κ1) is 26.5. The molecule has 0 unspecified atom stereocenters. The summed E-state index contributed by atoms with van der Waals surface area (Å²) in [5.41, 5.74) is 2.52. The van der Waals surface area contributed by atoms with E-state index in [4.69, 9.17) is 4.74 Å². The lowest BCUT2D eigenvalue weighted by Crippen LogP contribution is -2.14. The maximum atomic E-state index is 5.86. The van der Waals surface area contributed by atoms with Crippen LogP contribution in [0.15, 0.2) is 54.6 Å². The van der Waals surface area contributed by atoms with Gasteiger partial charge < -0.3 is 10.1 Å². The highest BCUT2D eigenvalue weighted by molar-refractivity contribution is 5.27. The first-order valence-electron chi connectivity index (χ1n) is 13.3. The van der Waals surface area contributed by atoms with Crippen molar-refractivity contribution in [3.63, 3.8) is 0 Å². The summed E-state index contributed by atoms with van der Waals surface area (Å²) in [6.07, 6.45) is 19.8. The van der Waals surface area contributed by atoms with Crippen LogP contribution >= 0.6 is 0 Å². The molecule has 0 aliphatic carbocycles. The van der Waals surface area contributed by atoms with Crippen molar-refractivity contribution in [1.82, 2.24) is 5.32 Å². The van der Waals surface area contributed by atoms with Gasteiger partial charge in [0.1, 0.15) is 12.4 Å². The minimum absolute atomic E-state index is 0.623. The topological polar surface area (TPSA) is 21.3 Å². The van der Waals surface area contributed by atoms with Crippen LogP contribution in [0.25, 0.3) is 0 Å². The minimum atomic E-state index is 0.623. The summed E-state index contributed by atoms with van der Waals surface area (Å²) in [6, 6.07) is 18.8. The van der Waals surface area contributed by atoms with E-state index in [0.29, 0.717) is 6.61 Å². The summed E-state index contributed by atoms with van der Waals surface area (Å²) in [6.45, 7) is 4.97. The average molecular weight is 438 g/mol. The van der Waals surface area contributed by atoms with Crippen molar-refractivity contribution >= 4 is 0 Å². The Hall–Kier alpha value is -1.80. The molecular formula is C30H47NO. The minimum Gasteiger partial charge on any atom is -0.489 e. The molecule has 0 aliphatic heterocycles. The number of unbranched alkanes of at least 4 members (excludes halogenated alkanes) is 13. The van der Waals surface area contributed by atoms with Crippen molar-refractivity contribution < 1.29 is 4.74 Å². The SMILES string of the molecule is CCCCCCCCCCCCCCCCNCc1ccc(OCc2ccccc2)cc1. The molecule has 2 heteroatoms. The molecule has 32 heavy (non-hydrogen) atoms. The maximum Gasteiger partial charge on any atom is 0.119 e. The Morgan fingerprint density at radius 1 is 0.562 bits per heavy atom. The third-order valence-corrected chi connectivity index (χ3v) is 6.21. The van der Waals surface area contributed by atoms with Gasteiger partial charge in [-0.2, -0.15) is 0 Å². The number of benzene rings is 2. The molecule has 0 saturated heterocycles. The predicted octanol–water partition coefficient (Wildman–Crippen LogP) is 8.84. The molecule has 0 aromatic heterocycles. The van der Waals surface area contributed by atoms with Gasteiger partial charge in [0.15, 0.2) is 0 Å². The molecular weight excluding hydrogens is 390 g/mol. The van der Waals surface area contributed by atoms with E-state index in [9.17, 15) is 0 Å². The highest BCUT2D eigenvalue weighted by Crippen LogP contribution is 2.15. The summed E-state index contributed by atoms with van der Waals surface area (Å²) in [4.78, 5) is 0. The lowest BCUT2D eigenvalue weighted by Gasteiger charge is -2.08. The summed E-state index contributed by atoms with van der Waals surface area (Å²) in [5, 5.41) is 3.58. The second-order valence-corrected chi connectivity index (χ2v) is 9.19. The van der Waals surface area contributed by atoms with Crippen LogP contribution in [0.1, 0.15) is 108 Å². The zero-order valence-corrected chi connectivity index (χ0v) is 20.6. The zero-order chi connectivity index (χ0) is 22.5. The van der Waals surface area contributed by atoms with Crippen LogP contribution in [0, 0.1) is 0 Å². The fraction of sp³-hybridized carbons (Fsp3) is 0.600. The van der Waals surface area contributed by atoms with Crippen molar-refractivity contribution in [2.45, 2.75) is 110 Å². The van der Waals surface area contributed by atoms with Gasteiger partial charge in [-0.05, 0) is 36.2 Å².